The zero-order valence-corrected chi connectivity index (χ0v) is 10.8. The molecule has 1 amide bonds. The third kappa shape index (κ3) is 3.40. The molecule has 0 spiro atoms. The fraction of sp³-hybridized carbons (Fsp3) is 0.538. The van der Waals surface area contributed by atoms with Gasteiger partial charge in [-0.05, 0) is 25.0 Å². The topological polar surface area (TPSA) is 68.0 Å². The van der Waals surface area contributed by atoms with Gasteiger partial charge in [-0.25, -0.2) is 4.98 Å². The second-order valence-electron chi connectivity index (χ2n) is 4.99. The van der Waals surface area contributed by atoms with Gasteiger partial charge in [0.15, 0.2) is 0 Å². The highest BCUT2D eigenvalue weighted by Gasteiger charge is 2.46. The van der Waals surface area contributed by atoms with Gasteiger partial charge in [0.05, 0.1) is 17.8 Å². The number of nitrogens with two attached hydrogens (primary N) is 1. The summed E-state index contributed by atoms with van der Waals surface area (Å²) in [4.78, 5) is 15.7. The van der Waals surface area contributed by atoms with Crippen LogP contribution in [0, 0.1) is 5.92 Å². The third-order valence-corrected chi connectivity index (χ3v) is 3.52. The number of carbonyl (C=O) groups excluding carboxylic acids is 1. The van der Waals surface area contributed by atoms with E-state index in [9.17, 15) is 18.0 Å². The van der Waals surface area contributed by atoms with Gasteiger partial charge in [-0.2, -0.15) is 13.2 Å². The molecule has 20 heavy (non-hydrogen) atoms. The van der Waals surface area contributed by atoms with Crippen molar-refractivity contribution in [3.63, 3.8) is 0 Å². The Morgan fingerprint density at radius 3 is 2.60 bits per heavy atom. The zero-order valence-electron chi connectivity index (χ0n) is 10.8. The Kier molecular flexibility index (Phi) is 4.15. The molecule has 7 heteroatoms. The lowest BCUT2D eigenvalue weighted by Gasteiger charge is -2.33. The minimum atomic E-state index is -4.28. The molecular formula is C13H16F3N3O. The molecular weight excluding hydrogens is 271 g/mol. The Bertz CT molecular complexity index is 473. The van der Waals surface area contributed by atoms with E-state index in [2.05, 4.69) is 10.3 Å². The molecule has 2 atom stereocenters. The van der Waals surface area contributed by atoms with Gasteiger partial charge in [0.25, 0.3) is 5.91 Å². The van der Waals surface area contributed by atoms with E-state index in [4.69, 9.17) is 5.73 Å². The molecule has 1 aliphatic carbocycles. The molecule has 0 aliphatic heterocycles. The number of anilines is 1. The van der Waals surface area contributed by atoms with Crippen LogP contribution in [0.5, 0.6) is 0 Å². The number of nitrogen functional groups attached to an aromatic ring is 1. The number of aromatic nitrogens is 1. The number of amides is 1. The van der Waals surface area contributed by atoms with Crippen LogP contribution in [0.25, 0.3) is 0 Å². The van der Waals surface area contributed by atoms with Crippen LogP contribution >= 0.6 is 0 Å². The van der Waals surface area contributed by atoms with Gasteiger partial charge < -0.3 is 11.1 Å². The van der Waals surface area contributed by atoms with Crippen LogP contribution in [0.15, 0.2) is 18.3 Å². The molecule has 110 valence electrons. The average molecular weight is 287 g/mol. The van der Waals surface area contributed by atoms with E-state index in [1.54, 1.807) is 0 Å². The normalized spacial score (nSPS) is 23.4. The molecule has 0 radical (unpaired) electrons. The molecule has 1 aromatic rings. The molecule has 1 heterocycles. The number of hydrogen-bond acceptors (Lipinski definition) is 3. The lowest BCUT2D eigenvalue weighted by Crippen LogP contribution is -2.47. The second kappa shape index (κ2) is 5.68. The predicted octanol–water partition coefficient (Wildman–Crippen LogP) is 2.51. The molecule has 0 bridgehead atoms. The maximum atomic E-state index is 12.9. The summed E-state index contributed by atoms with van der Waals surface area (Å²) in [5, 5.41) is 2.45. The van der Waals surface area contributed by atoms with E-state index in [0.717, 1.165) is 0 Å². The van der Waals surface area contributed by atoms with Gasteiger partial charge in [-0.1, -0.05) is 12.8 Å². The molecule has 4 nitrogen and oxygen atoms in total. The fourth-order valence-corrected chi connectivity index (χ4v) is 2.48. The average Bonchev–Trinajstić information content (AvgIpc) is 2.38. The molecule has 1 saturated carbocycles. The monoisotopic (exact) mass is 287 g/mol. The Morgan fingerprint density at radius 1 is 1.30 bits per heavy atom. The molecule has 3 N–H and O–H groups in total. The highest BCUT2D eigenvalue weighted by atomic mass is 19.4. The van der Waals surface area contributed by atoms with Gasteiger partial charge in [-0.15, -0.1) is 0 Å². The van der Waals surface area contributed by atoms with Crippen LogP contribution < -0.4 is 11.1 Å². The minimum absolute atomic E-state index is 0.0591. The Hall–Kier alpha value is -1.79. The van der Waals surface area contributed by atoms with Crippen molar-refractivity contribution in [2.24, 2.45) is 5.92 Å². The standard InChI is InChI=1S/C13H16F3N3O/c14-13(15,16)9-3-1-2-4-10(9)19-12(20)11-6-5-8(17)7-18-11/h5-7,9-10H,1-4,17H2,(H,19,20). The van der Waals surface area contributed by atoms with E-state index in [-0.39, 0.29) is 12.1 Å². The number of alkyl halides is 3. The van der Waals surface area contributed by atoms with Crippen molar-refractivity contribution in [1.29, 1.82) is 0 Å². The van der Waals surface area contributed by atoms with Gasteiger partial charge >= 0.3 is 6.18 Å². The first-order valence-corrected chi connectivity index (χ1v) is 6.47. The molecule has 1 fully saturated rings. The van der Waals surface area contributed by atoms with Crippen molar-refractivity contribution >= 4 is 11.6 Å². The molecule has 1 aliphatic rings. The van der Waals surface area contributed by atoms with Crippen molar-refractivity contribution in [3.8, 4) is 0 Å². The van der Waals surface area contributed by atoms with Crippen molar-refractivity contribution in [1.82, 2.24) is 10.3 Å². The third-order valence-electron chi connectivity index (χ3n) is 3.52. The Morgan fingerprint density at radius 2 is 2.00 bits per heavy atom. The molecule has 1 aromatic heterocycles. The number of nitrogens with zero attached hydrogens (tertiary/aromatic N) is 1. The molecule has 0 saturated heterocycles. The van der Waals surface area contributed by atoms with Crippen LogP contribution in [-0.4, -0.2) is 23.1 Å². The lowest BCUT2D eigenvalue weighted by atomic mass is 9.84. The van der Waals surface area contributed by atoms with Crippen LogP contribution in [0.3, 0.4) is 0 Å². The smallest absolute Gasteiger partial charge is 0.393 e. The largest absolute Gasteiger partial charge is 0.397 e. The summed E-state index contributed by atoms with van der Waals surface area (Å²) in [6, 6.07) is 2.01. The maximum absolute atomic E-state index is 12.9. The van der Waals surface area contributed by atoms with Crippen molar-refractivity contribution in [2.45, 2.75) is 37.9 Å². The predicted molar refractivity (Wildman–Crippen MR) is 67.9 cm³/mol. The van der Waals surface area contributed by atoms with Gasteiger partial charge in [0.1, 0.15) is 5.69 Å². The first-order valence-electron chi connectivity index (χ1n) is 6.47. The van der Waals surface area contributed by atoms with Crippen molar-refractivity contribution in [2.75, 3.05) is 5.73 Å². The number of pyridine rings is 1. The molecule has 2 unspecified atom stereocenters. The summed E-state index contributed by atoms with van der Waals surface area (Å²) >= 11 is 0. The lowest BCUT2D eigenvalue weighted by molar-refractivity contribution is -0.187. The summed E-state index contributed by atoms with van der Waals surface area (Å²) in [5.41, 5.74) is 5.92. The van der Waals surface area contributed by atoms with Crippen LogP contribution in [0.4, 0.5) is 18.9 Å². The van der Waals surface area contributed by atoms with Crippen LogP contribution in [0.2, 0.25) is 0 Å². The quantitative estimate of drug-likeness (QED) is 0.878. The van der Waals surface area contributed by atoms with E-state index in [1.165, 1.54) is 18.3 Å². The Balaban J connectivity index is 2.07. The number of hydrogen-bond donors (Lipinski definition) is 2. The summed E-state index contributed by atoms with van der Waals surface area (Å²) in [6.07, 6.45) is -1.36. The zero-order chi connectivity index (χ0) is 14.8. The fourth-order valence-electron chi connectivity index (χ4n) is 2.48. The van der Waals surface area contributed by atoms with E-state index >= 15 is 0 Å². The van der Waals surface area contributed by atoms with E-state index in [0.29, 0.717) is 24.9 Å². The molecule has 2 rings (SSSR count). The van der Waals surface area contributed by atoms with Crippen LogP contribution in [0.1, 0.15) is 36.2 Å². The first-order chi connectivity index (χ1) is 9.38. The van der Waals surface area contributed by atoms with Crippen molar-refractivity contribution < 1.29 is 18.0 Å². The first kappa shape index (κ1) is 14.6. The van der Waals surface area contributed by atoms with Gasteiger partial charge in [0, 0.05) is 6.04 Å². The van der Waals surface area contributed by atoms with Gasteiger partial charge in [0.2, 0.25) is 0 Å². The number of nitrogens with one attached hydrogen (secondary N) is 1. The second-order valence-corrected chi connectivity index (χ2v) is 4.99. The number of halogens is 3. The summed E-state index contributed by atoms with van der Waals surface area (Å²) in [5.74, 6) is -2.07. The summed E-state index contributed by atoms with van der Waals surface area (Å²) < 4.78 is 38.7. The number of carbonyl (C=O) groups is 1. The summed E-state index contributed by atoms with van der Waals surface area (Å²) in [6.45, 7) is 0. The maximum Gasteiger partial charge on any atom is 0.393 e. The number of rotatable bonds is 2. The SMILES string of the molecule is Nc1ccc(C(=O)NC2CCCCC2C(F)(F)F)nc1. The minimum Gasteiger partial charge on any atom is -0.397 e. The summed E-state index contributed by atoms with van der Waals surface area (Å²) in [7, 11) is 0. The highest BCUT2D eigenvalue weighted by molar-refractivity contribution is 5.92. The highest BCUT2D eigenvalue weighted by Crippen LogP contribution is 2.37. The Labute approximate surface area is 114 Å². The van der Waals surface area contributed by atoms with E-state index in [1.807, 2.05) is 0 Å². The van der Waals surface area contributed by atoms with Crippen molar-refractivity contribution in [3.05, 3.63) is 24.0 Å². The van der Waals surface area contributed by atoms with Crippen LogP contribution in [-0.2, 0) is 0 Å². The molecule has 0 aromatic carbocycles. The van der Waals surface area contributed by atoms with E-state index < -0.39 is 24.0 Å². The van der Waals surface area contributed by atoms with Gasteiger partial charge in [-0.3, -0.25) is 4.79 Å².